The van der Waals surface area contributed by atoms with Crippen LogP contribution in [-0.4, -0.2) is 31.6 Å². The lowest BCUT2D eigenvalue weighted by Gasteiger charge is -2.14. The molecule has 2 N–H and O–H groups in total. The summed E-state index contributed by atoms with van der Waals surface area (Å²) in [5.41, 5.74) is 3.01. The topological polar surface area (TPSA) is 136 Å². The molecule has 0 aliphatic carbocycles. The van der Waals surface area contributed by atoms with Crippen LogP contribution in [0.25, 0.3) is 0 Å². The van der Waals surface area contributed by atoms with Gasteiger partial charge < -0.3 is 4.74 Å². The summed E-state index contributed by atoms with van der Waals surface area (Å²) < 4.78 is 33.6. The molecule has 30 heavy (non-hydrogen) atoms. The van der Waals surface area contributed by atoms with E-state index in [1.807, 2.05) is 0 Å². The van der Waals surface area contributed by atoms with Gasteiger partial charge in [0.05, 0.1) is 35.3 Å². The van der Waals surface area contributed by atoms with Gasteiger partial charge in [-0.05, 0) is 30.3 Å². The van der Waals surface area contributed by atoms with Gasteiger partial charge in [-0.3, -0.25) is 25.2 Å². The van der Waals surface area contributed by atoms with Crippen LogP contribution < -0.4 is 14.9 Å². The van der Waals surface area contributed by atoms with E-state index in [1.54, 1.807) is 42.6 Å². The molecule has 0 amide bonds. The van der Waals surface area contributed by atoms with E-state index >= 15 is 0 Å². The summed E-state index contributed by atoms with van der Waals surface area (Å²) in [6.45, 7) is 0. The van der Waals surface area contributed by atoms with Crippen molar-refractivity contribution in [3.63, 3.8) is 0 Å². The van der Waals surface area contributed by atoms with Crippen molar-refractivity contribution < 1.29 is 18.1 Å². The highest BCUT2D eigenvalue weighted by Crippen LogP contribution is 2.31. The minimum absolute atomic E-state index is 0.0511. The summed E-state index contributed by atoms with van der Waals surface area (Å²) in [6.07, 6.45) is 2.98. The van der Waals surface area contributed by atoms with Crippen LogP contribution in [0, 0.1) is 10.1 Å². The van der Waals surface area contributed by atoms with Gasteiger partial charge in [0.2, 0.25) is 0 Å². The number of nitro benzene ring substituents is 1. The summed E-state index contributed by atoms with van der Waals surface area (Å²) in [7, 11) is -2.81. The second-order valence-corrected chi connectivity index (χ2v) is 7.52. The molecule has 0 aliphatic heterocycles. The zero-order valence-electron chi connectivity index (χ0n) is 15.7. The van der Waals surface area contributed by atoms with E-state index in [9.17, 15) is 18.5 Å². The van der Waals surface area contributed by atoms with Crippen LogP contribution in [0.5, 0.6) is 5.75 Å². The Morgan fingerprint density at radius 2 is 1.87 bits per heavy atom. The van der Waals surface area contributed by atoms with E-state index < -0.39 is 14.9 Å². The zero-order chi connectivity index (χ0) is 21.6. The Balaban J connectivity index is 1.97. The number of hydrogen-bond acceptors (Lipinski definition) is 8. The Morgan fingerprint density at radius 1 is 1.10 bits per heavy atom. The van der Waals surface area contributed by atoms with Crippen LogP contribution in [0.1, 0.15) is 5.69 Å². The van der Waals surface area contributed by atoms with Crippen LogP contribution in [0.2, 0.25) is 0 Å². The van der Waals surface area contributed by atoms with Crippen molar-refractivity contribution in [3.05, 3.63) is 82.7 Å². The molecule has 11 heteroatoms. The second-order valence-electron chi connectivity index (χ2n) is 5.87. The van der Waals surface area contributed by atoms with Crippen molar-refractivity contribution in [1.82, 2.24) is 4.98 Å². The number of aromatic nitrogens is 1. The molecule has 3 aromatic rings. The molecule has 0 radical (unpaired) electrons. The summed E-state index contributed by atoms with van der Waals surface area (Å²) in [6, 6.07) is 15.0. The highest BCUT2D eigenvalue weighted by atomic mass is 32.2. The Morgan fingerprint density at radius 3 is 2.57 bits per heavy atom. The molecule has 0 fully saturated rings. The van der Waals surface area contributed by atoms with Crippen LogP contribution in [0.15, 0.2) is 76.9 Å². The first kappa shape index (κ1) is 20.7. The predicted octanol–water partition coefficient (Wildman–Crippen LogP) is 3.25. The Hall–Kier alpha value is -3.99. The number of benzene rings is 2. The van der Waals surface area contributed by atoms with Gasteiger partial charge in [0.15, 0.2) is 0 Å². The largest absolute Gasteiger partial charge is 0.495 e. The number of hydrogen-bond donors (Lipinski definition) is 2. The maximum Gasteiger partial charge on any atom is 0.270 e. The van der Waals surface area contributed by atoms with Gasteiger partial charge in [-0.25, -0.2) is 8.42 Å². The third-order valence-corrected chi connectivity index (χ3v) is 5.29. The number of nitrogens with one attached hydrogen (secondary N) is 2. The number of hydrazone groups is 1. The van der Waals surface area contributed by atoms with Crippen LogP contribution >= 0.6 is 0 Å². The molecule has 0 bridgehead atoms. The fourth-order valence-electron chi connectivity index (χ4n) is 2.49. The predicted molar refractivity (Wildman–Crippen MR) is 112 cm³/mol. The van der Waals surface area contributed by atoms with E-state index in [-0.39, 0.29) is 22.0 Å². The highest BCUT2D eigenvalue weighted by molar-refractivity contribution is 7.93. The number of nitro groups is 1. The van der Waals surface area contributed by atoms with Gasteiger partial charge in [-0.2, -0.15) is 5.10 Å². The first-order chi connectivity index (χ1) is 14.4. The maximum atomic E-state index is 13.0. The Kier molecular flexibility index (Phi) is 6.23. The number of anilines is 2. The smallest absolute Gasteiger partial charge is 0.270 e. The molecular weight excluding hydrogens is 410 g/mol. The van der Waals surface area contributed by atoms with Crippen molar-refractivity contribution in [2.45, 2.75) is 4.90 Å². The summed E-state index contributed by atoms with van der Waals surface area (Å²) in [5, 5.41) is 15.1. The van der Waals surface area contributed by atoms with Crippen molar-refractivity contribution in [1.29, 1.82) is 0 Å². The zero-order valence-corrected chi connectivity index (χ0v) is 16.5. The number of rotatable bonds is 8. The third kappa shape index (κ3) is 4.89. The first-order valence-electron chi connectivity index (χ1n) is 8.55. The third-order valence-electron chi connectivity index (χ3n) is 3.89. The van der Waals surface area contributed by atoms with Crippen LogP contribution in [0.3, 0.4) is 0 Å². The number of non-ortho nitro benzene ring substituents is 1. The first-order valence-corrected chi connectivity index (χ1v) is 10.0. The molecule has 2 aromatic carbocycles. The van der Waals surface area contributed by atoms with Gasteiger partial charge >= 0.3 is 0 Å². The molecule has 0 saturated carbocycles. The summed E-state index contributed by atoms with van der Waals surface area (Å²) >= 11 is 0. The molecule has 1 heterocycles. The van der Waals surface area contributed by atoms with Crippen LogP contribution in [-0.2, 0) is 10.0 Å². The summed E-state index contributed by atoms with van der Waals surface area (Å²) in [4.78, 5) is 14.2. The maximum absolute atomic E-state index is 13.0. The quantitative estimate of drug-likeness (QED) is 0.320. The second kappa shape index (κ2) is 9.01. The average Bonchev–Trinajstić information content (AvgIpc) is 2.74. The lowest BCUT2D eigenvalue weighted by molar-refractivity contribution is -0.385. The molecule has 154 valence electrons. The molecule has 0 spiro atoms. The van der Waals surface area contributed by atoms with Crippen LogP contribution in [0.4, 0.5) is 17.1 Å². The van der Waals surface area contributed by atoms with Crippen molar-refractivity contribution in [2.24, 2.45) is 5.10 Å². The number of sulfonamides is 1. The number of pyridine rings is 1. The van der Waals surface area contributed by atoms with Crippen molar-refractivity contribution >= 4 is 33.3 Å². The van der Waals surface area contributed by atoms with Gasteiger partial charge in [0, 0.05) is 18.3 Å². The van der Waals surface area contributed by atoms with E-state index in [2.05, 4.69) is 20.2 Å². The number of para-hydroxylation sites is 2. The minimum Gasteiger partial charge on any atom is -0.495 e. The Bertz CT molecular complexity index is 1180. The number of methoxy groups -OCH3 is 1. The molecule has 0 atom stereocenters. The van der Waals surface area contributed by atoms with Gasteiger partial charge in [0.25, 0.3) is 15.7 Å². The summed E-state index contributed by atoms with van der Waals surface area (Å²) in [5.74, 6) is 0.300. The number of nitrogens with zero attached hydrogens (tertiary/aromatic N) is 3. The van der Waals surface area contributed by atoms with E-state index in [1.165, 1.54) is 31.5 Å². The fourth-order valence-corrected chi connectivity index (χ4v) is 3.74. The van der Waals surface area contributed by atoms with E-state index in [4.69, 9.17) is 4.74 Å². The van der Waals surface area contributed by atoms with Crippen molar-refractivity contribution in [3.8, 4) is 5.75 Å². The lowest BCUT2D eigenvalue weighted by Crippen LogP contribution is -2.15. The molecule has 3 rings (SSSR count). The van der Waals surface area contributed by atoms with Gasteiger partial charge in [-0.1, -0.05) is 18.2 Å². The molecule has 10 nitrogen and oxygen atoms in total. The number of ether oxygens (including phenoxy) is 1. The van der Waals surface area contributed by atoms with Crippen molar-refractivity contribution in [2.75, 3.05) is 17.3 Å². The molecule has 0 saturated heterocycles. The average molecular weight is 427 g/mol. The minimum atomic E-state index is -4.21. The standard InChI is InChI=1S/C19H17N5O5S/c1-29-18-8-3-2-7-16(18)23-30(27,28)19-12-15(24(25)26)9-10-17(19)22-21-13-14-6-4-5-11-20-14/h2-13,22-23H,1H3. The fraction of sp³-hybridized carbons (Fsp3) is 0.0526. The van der Waals surface area contributed by atoms with E-state index in [0.717, 1.165) is 6.07 Å². The highest BCUT2D eigenvalue weighted by Gasteiger charge is 2.23. The molecule has 0 unspecified atom stereocenters. The molecular formula is C19H17N5O5S. The monoisotopic (exact) mass is 427 g/mol. The normalized spacial score (nSPS) is 11.2. The molecule has 0 aliphatic rings. The SMILES string of the molecule is COc1ccccc1NS(=O)(=O)c1cc([N+](=O)[O-])ccc1NN=Cc1ccccn1. The lowest BCUT2D eigenvalue weighted by atomic mass is 10.3. The van der Waals surface area contributed by atoms with Gasteiger partial charge in [-0.15, -0.1) is 0 Å². The molecule has 1 aromatic heterocycles. The van der Waals surface area contributed by atoms with E-state index in [0.29, 0.717) is 11.4 Å². The van der Waals surface area contributed by atoms with Gasteiger partial charge in [0.1, 0.15) is 10.6 Å². The Labute approximate surface area is 172 Å².